The summed E-state index contributed by atoms with van der Waals surface area (Å²) in [4.78, 5) is 12.7. The maximum Gasteiger partial charge on any atom is 0.488 e. The van der Waals surface area contributed by atoms with Crippen LogP contribution in [0, 0.1) is 0 Å². The van der Waals surface area contributed by atoms with Crippen LogP contribution in [0.5, 0.6) is 0 Å². The summed E-state index contributed by atoms with van der Waals surface area (Å²) in [7, 11) is 1.80. The lowest BCUT2D eigenvalue weighted by Gasteiger charge is -2.12. The molecule has 0 aliphatic rings. The first-order valence-electron chi connectivity index (χ1n) is 4.45. The number of carbonyl (C=O) groups is 1. The zero-order chi connectivity index (χ0) is 11.4. The van der Waals surface area contributed by atoms with Gasteiger partial charge in [0.25, 0.3) is 0 Å². The van der Waals surface area contributed by atoms with Crippen LogP contribution in [0.3, 0.4) is 0 Å². The molecular weight excluding hydrogens is 195 g/mol. The van der Waals surface area contributed by atoms with Crippen molar-refractivity contribution in [3.63, 3.8) is 0 Å². The van der Waals surface area contributed by atoms with Gasteiger partial charge in [-0.2, -0.15) is 0 Å². The van der Waals surface area contributed by atoms with Crippen LogP contribution in [0.25, 0.3) is 0 Å². The van der Waals surface area contributed by atoms with Gasteiger partial charge >= 0.3 is 13.1 Å². The van der Waals surface area contributed by atoms with Crippen LogP contribution < -0.4 is 10.8 Å². The predicted molar refractivity (Wildman–Crippen MR) is 59.0 cm³/mol. The normalized spacial score (nSPS) is 9.60. The van der Waals surface area contributed by atoms with E-state index in [1.54, 1.807) is 26.2 Å². The Bertz CT molecular complexity index is 338. The summed E-state index contributed by atoms with van der Waals surface area (Å²) in [5.41, 5.74) is 0.996. The molecule has 1 rings (SSSR count). The third-order valence-corrected chi connectivity index (χ3v) is 1.87. The fraction of sp³-hybridized carbons (Fsp3) is 0.222. The maximum atomic E-state index is 11.2. The standard InChI is InChI=1S/C9H13BN2O3/c1-12(2)9(13)11-8-5-3-7(4-6-8)10(14)15/h3-6,14-15H,1-2H3,(H,11,13). The van der Waals surface area contributed by atoms with Crippen molar-refractivity contribution in [2.75, 3.05) is 19.4 Å². The molecule has 5 nitrogen and oxygen atoms in total. The highest BCUT2D eigenvalue weighted by atomic mass is 16.4. The first kappa shape index (κ1) is 11.5. The van der Waals surface area contributed by atoms with Crippen LogP contribution in [-0.2, 0) is 0 Å². The molecule has 1 aromatic carbocycles. The van der Waals surface area contributed by atoms with Gasteiger partial charge in [-0.1, -0.05) is 12.1 Å². The Morgan fingerprint density at radius 2 is 1.80 bits per heavy atom. The number of hydrogen-bond acceptors (Lipinski definition) is 3. The number of amides is 2. The van der Waals surface area contributed by atoms with Gasteiger partial charge in [0.05, 0.1) is 0 Å². The van der Waals surface area contributed by atoms with Crippen LogP contribution in [0.15, 0.2) is 24.3 Å². The summed E-state index contributed by atoms with van der Waals surface area (Å²) in [6.07, 6.45) is 0. The van der Waals surface area contributed by atoms with Gasteiger partial charge in [-0.3, -0.25) is 0 Å². The molecule has 1 aromatic rings. The number of urea groups is 1. The van der Waals surface area contributed by atoms with E-state index >= 15 is 0 Å². The molecule has 0 saturated carbocycles. The van der Waals surface area contributed by atoms with Crippen molar-refractivity contribution in [1.82, 2.24) is 4.90 Å². The van der Waals surface area contributed by atoms with Crippen molar-refractivity contribution in [3.05, 3.63) is 24.3 Å². The third-order valence-electron chi connectivity index (χ3n) is 1.87. The minimum atomic E-state index is -1.48. The molecule has 6 heteroatoms. The molecule has 0 heterocycles. The van der Waals surface area contributed by atoms with Gasteiger partial charge in [0.2, 0.25) is 0 Å². The van der Waals surface area contributed by atoms with E-state index in [0.29, 0.717) is 11.2 Å². The highest BCUT2D eigenvalue weighted by Crippen LogP contribution is 2.04. The van der Waals surface area contributed by atoms with Crippen LogP contribution in [-0.4, -0.2) is 42.2 Å². The highest BCUT2D eigenvalue weighted by Gasteiger charge is 2.10. The van der Waals surface area contributed by atoms with Crippen molar-refractivity contribution in [3.8, 4) is 0 Å². The Kier molecular flexibility index (Phi) is 3.71. The first-order valence-corrected chi connectivity index (χ1v) is 4.45. The van der Waals surface area contributed by atoms with Crippen molar-refractivity contribution >= 4 is 24.3 Å². The topological polar surface area (TPSA) is 72.8 Å². The van der Waals surface area contributed by atoms with E-state index in [1.807, 2.05) is 0 Å². The minimum absolute atomic E-state index is 0.229. The number of nitrogens with one attached hydrogen (secondary N) is 1. The predicted octanol–water partition coefficient (Wildman–Crippen LogP) is -0.540. The second-order valence-corrected chi connectivity index (χ2v) is 3.32. The fourth-order valence-corrected chi connectivity index (χ4v) is 0.974. The second kappa shape index (κ2) is 4.81. The van der Waals surface area contributed by atoms with Crippen LogP contribution in [0.2, 0.25) is 0 Å². The molecule has 0 saturated heterocycles. The summed E-state index contributed by atoms with van der Waals surface area (Å²) in [5.74, 6) is 0. The lowest BCUT2D eigenvalue weighted by molar-refractivity contribution is 0.230. The lowest BCUT2D eigenvalue weighted by atomic mass is 9.80. The van der Waals surface area contributed by atoms with Gasteiger partial charge in [0.1, 0.15) is 0 Å². The summed E-state index contributed by atoms with van der Waals surface area (Å²) in [6, 6.07) is 6.06. The highest BCUT2D eigenvalue weighted by molar-refractivity contribution is 6.58. The Hall–Kier alpha value is -1.53. The molecule has 0 radical (unpaired) electrons. The zero-order valence-electron chi connectivity index (χ0n) is 8.64. The Morgan fingerprint density at radius 3 is 2.20 bits per heavy atom. The van der Waals surface area contributed by atoms with Gasteiger partial charge in [-0.25, -0.2) is 4.79 Å². The van der Waals surface area contributed by atoms with Crippen LogP contribution >= 0.6 is 0 Å². The molecule has 0 bridgehead atoms. The molecule has 0 atom stereocenters. The van der Waals surface area contributed by atoms with Crippen molar-refractivity contribution < 1.29 is 14.8 Å². The molecule has 80 valence electrons. The fourth-order valence-electron chi connectivity index (χ4n) is 0.974. The molecule has 0 aliphatic carbocycles. The largest absolute Gasteiger partial charge is 0.488 e. The van der Waals surface area contributed by atoms with E-state index in [0.717, 1.165) is 0 Å². The molecule has 15 heavy (non-hydrogen) atoms. The number of hydrogen-bond donors (Lipinski definition) is 3. The zero-order valence-corrected chi connectivity index (χ0v) is 8.64. The number of nitrogens with zero attached hydrogens (tertiary/aromatic N) is 1. The number of carbonyl (C=O) groups excluding carboxylic acids is 1. The van der Waals surface area contributed by atoms with E-state index in [9.17, 15) is 4.79 Å². The molecule has 0 spiro atoms. The molecule has 0 aliphatic heterocycles. The van der Waals surface area contributed by atoms with E-state index in [2.05, 4.69) is 5.32 Å². The molecule has 3 N–H and O–H groups in total. The summed E-state index contributed by atoms with van der Waals surface area (Å²) < 4.78 is 0. The van der Waals surface area contributed by atoms with Gasteiger partial charge in [0.15, 0.2) is 0 Å². The maximum absolute atomic E-state index is 11.2. The SMILES string of the molecule is CN(C)C(=O)Nc1ccc(B(O)O)cc1. The van der Waals surface area contributed by atoms with E-state index in [1.165, 1.54) is 17.0 Å². The van der Waals surface area contributed by atoms with E-state index in [-0.39, 0.29) is 6.03 Å². The first-order chi connectivity index (χ1) is 7.00. The van der Waals surface area contributed by atoms with Crippen molar-refractivity contribution in [1.29, 1.82) is 0 Å². The van der Waals surface area contributed by atoms with Gasteiger partial charge in [0, 0.05) is 19.8 Å². The van der Waals surface area contributed by atoms with Crippen LogP contribution in [0.1, 0.15) is 0 Å². The van der Waals surface area contributed by atoms with Gasteiger partial charge < -0.3 is 20.3 Å². The lowest BCUT2D eigenvalue weighted by Crippen LogP contribution is -2.30. The Morgan fingerprint density at radius 1 is 1.27 bits per heavy atom. The quantitative estimate of drug-likeness (QED) is 0.571. The Labute approximate surface area is 88.5 Å². The minimum Gasteiger partial charge on any atom is -0.423 e. The number of anilines is 1. The number of rotatable bonds is 2. The molecule has 0 fully saturated rings. The smallest absolute Gasteiger partial charge is 0.423 e. The molecule has 0 aromatic heterocycles. The summed E-state index contributed by atoms with van der Waals surface area (Å²) in [6.45, 7) is 0. The average molecular weight is 208 g/mol. The molecule has 0 unspecified atom stereocenters. The number of benzene rings is 1. The van der Waals surface area contributed by atoms with Crippen LogP contribution in [0.4, 0.5) is 10.5 Å². The molecular formula is C9H13BN2O3. The van der Waals surface area contributed by atoms with Crippen molar-refractivity contribution in [2.24, 2.45) is 0 Å². The summed E-state index contributed by atoms with van der Waals surface area (Å²) >= 11 is 0. The monoisotopic (exact) mass is 208 g/mol. The van der Waals surface area contributed by atoms with Gasteiger partial charge in [-0.15, -0.1) is 0 Å². The van der Waals surface area contributed by atoms with E-state index < -0.39 is 7.12 Å². The van der Waals surface area contributed by atoms with E-state index in [4.69, 9.17) is 10.0 Å². The average Bonchev–Trinajstić information content (AvgIpc) is 2.18. The Balaban J connectivity index is 2.69. The third kappa shape index (κ3) is 3.27. The van der Waals surface area contributed by atoms with Gasteiger partial charge in [-0.05, 0) is 17.6 Å². The molecule has 2 amide bonds. The van der Waals surface area contributed by atoms with Crippen molar-refractivity contribution in [2.45, 2.75) is 0 Å². The summed E-state index contributed by atoms with van der Waals surface area (Å²) in [5, 5.41) is 20.3. The second-order valence-electron chi connectivity index (χ2n) is 3.32.